The molecule has 3 aromatic heterocycles. The molecule has 11 heteroatoms. The van der Waals surface area contributed by atoms with Gasteiger partial charge in [-0.3, -0.25) is 4.98 Å². The average molecular weight is 417 g/mol. The number of nitrogens with zero attached hydrogens (tertiary/aromatic N) is 5. The molecule has 0 amide bonds. The number of hydrogen-bond donors (Lipinski definition) is 0. The van der Waals surface area contributed by atoms with Gasteiger partial charge >= 0.3 is 0 Å². The molecule has 1 unspecified atom stereocenters. The van der Waals surface area contributed by atoms with Crippen LogP contribution in [0.1, 0.15) is 28.3 Å². The molecule has 0 aliphatic heterocycles. The van der Waals surface area contributed by atoms with Gasteiger partial charge in [-0.1, -0.05) is 5.16 Å². The molecule has 1 aromatic carbocycles. The van der Waals surface area contributed by atoms with Gasteiger partial charge in [-0.15, -0.1) is 21.5 Å². The van der Waals surface area contributed by atoms with Gasteiger partial charge in [0.05, 0.1) is 28.3 Å². The minimum absolute atomic E-state index is 0.132. The SMILES string of the molecule is CO/N=C/c1cc(C(Oc2ccc3nc(CF)sc3c2)c2nnco2)ncc1F. The molecular formula is C18H13F2N5O3S. The summed E-state index contributed by atoms with van der Waals surface area (Å²) in [5.41, 5.74) is 1.14. The molecule has 29 heavy (non-hydrogen) atoms. The lowest BCUT2D eigenvalue weighted by atomic mass is 10.1. The molecule has 0 aliphatic rings. The van der Waals surface area contributed by atoms with Crippen molar-refractivity contribution in [2.45, 2.75) is 12.8 Å². The van der Waals surface area contributed by atoms with Crippen LogP contribution in [0.4, 0.5) is 8.78 Å². The number of pyridine rings is 1. The van der Waals surface area contributed by atoms with Gasteiger partial charge in [0.15, 0.2) is 0 Å². The number of benzene rings is 1. The van der Waals surface area contributed by atoms with Crippen LogP contribution in [-0.2, 0) is 11.5 Å². The van der Waals surface area contributed by atoms with E-state index in [1.165, 1.54) is 30.7 Å². The van der Waals surface area contributed by atoms with E-state index in [-0.39, 0.29) is 11.5 Å². The fourth-order valence-electron chi connectivity index (χ4n) is 2.58. The fourth-order valence-corrected chi connectivity index (χ4v) is 3.42. The Balaban J connectivity index is 1.71. The predicted octanol–water partition coefficient (Wildman–Crippen LogP) is 3.83. The largest absolute Gasteiger partial charge is 0.474 e. The molecule has 8 nitrogen and oxygen atoms in total. The van der Waals surface area contributed by atoms with E-state index in [2.05, 4.69) is 30.2 Å². The molecule has 0 saturated heterocycles. The van der Waals surface area contributed by atoms with E-state index in [1.54, 1.807) is 18.2 Å². The summed E-state index contributed by atoms with van der Waals surface area (Å²) in [4.78, 5) is 12.9. The van der Waals surface area contributed by atoms with Crippen molar-refractivity contribution >= 4 is 27.8 Å². The lowest BCUT2D eigenvalue weighted by molar-refractivity contribution is 0.203. The maximum Gasteiger partial charge on any atom is 0.263 e. The minimum atomic E-state index is -0.904. The van der Waals surface area contributed by atoms with Crippen LogP contribution in [0, 0.1) is 5.82 Å². The number of oxime groups is 1. The molecule has 0 N–H and O–H groups in total. The first-order valence-electron chi connectivity index (χ1n) is 8.28. The van der Waals surface area contributed by atoms with Crippen molar-refractivity contribution in [2.24, 2.45) is 5.16 Å². The number of rotatable bonds is 7. The molecule has 0 aliphatic carbocycles. The van der Waals surface area contributed by atoms with E-state index >= 15 is 0 Å². The van der Waals surface area contributed by atoms with Gasteiger partial charge in [0.1, 0.15) is 30.4 Å². The molecule has 0 saturated carbocycles. The van der Waals surface area contributed by atoms with Gasteiger partial charge < -0.3 is 14.0 Å². The summed E-state index contributed by atoms with van der Waals surface area (Å²) in [5, 5.41) is 11.5. The van der Waals surface area contributed by atoms with E-state index in [9.17, 15) is 8.78 Å². The summed E-state index contributed by atoms with van der Waals surface area (Å²) in [6.07, 6.45) is 2.51. The first-order chi connectivity index (χ1) is 14.2. The van der Waals surface area contributed by atoms with Gasteiger partial charge in [-0.25, -0.2) is 13.8 Å². The summed E-state index contributed by atoms with van der Waals surface area (Å²) in [6.45, 7) is -0.633. The Kier molecular flexibility index (Phi) is 5.38. The number of aromatic nitrogens is 4. The first-order valence-corrected chi connectivity index (χ1v) is 9.09. The van der Waals surface area contributed by atoms with Crippen molar-refractivity contribution in [3.8, 4) is 5.75 Å². The predicted molar refractivity (Wildman–Crippen MR) is 100.0 cm³/mol. The summed E-state index contributed by atoms with van der Waals surface area (Å²) in [5.74, 6) is 0.00393. The summed E-state index contributed by atoms with van der Waals surface area (Å²) in [7, 11) is 1.35. The Labute approximate surface area is 166 Å². The monoisotopic (exact) mass is 417 g/mol. The highest BCUT2D eigenvalue weighted by molar-refractivity contribution is 7.18. The third-order valence-corrected chi connectivity index (χ3v) is 4.83. The van der Waals surface area contributed by atoms with E-state index in [1.807, 2.05) is 0 Å². The molecule has 1 atom stereocenters. The van der Waals surface area contributed by atoms with Crippen molar-refractivity contribution in [1.82, 2.24) is 20.2 Å². The van der Waals surface area contributed by atoms with Crippen molar-refractivity contribution < 1.29 is 22.8 Å². The highest BCUT2D eigenvalue weighted by atomic mass is 32.1. The maximum atomic E-state index is 14.0. The fraction of sp³-hybridized carbons (Fsp3) is 0.167. The molecule has 0 spiro atoms. The van der Waals surface area contributed by atoms with Crippen LogP contribution in [-0.4, -0.2) is 33.5 Å². The molecule has 4 aromatic rings. The molecule has 4 rings (SSSR count). The van der Waals surface area contributed by atoms with Gasteiger partial charge in [0.2, 0.25) is 12.5 Å². The van der Waals surface area contributed by atoms with E-state index < -0.39 is 18.6 Å². The van der Waals surface area contributed by atoms with Crippen molar-refractivity contribution in [2.75, 3.05) is 7.11 Å². The van der Waals surface area contributed by atoms with Crippen molar-refractivity contribution in [1.29, 1.82) is 0 Å². The number of alkyl halides is 1. The van der Waals surface area contributed by atoms with Gasteiger partial charge in [0.25, 0.3) is 5.89 Å². The van der Waals surface area contributed by atoms with Crippen molar-refractivity contribution in [3.05, 3.63) is 64.8 Å². The molecule has 3 heterocycles. The standard InChI is InChI=1S/C18H13F2N5O3S/c1-26-23-7-10-4-14(21-8-12(10)20)17(18-25-22-9-27-18)28-11-2-3-13-15(5-11)29-16(6-19)24-13/h2-5,7-9,17H,6H2,1H3/b23-7+. The van der Waals surface area contributed by atoms with E-state index in [0.29, 0.717) is 22.0 Å². The third kappa shape index (κ3) is 4.04. The zero-order valence-corrected chi connectivity index (χ0v) is 15.8. The van der Waals surface area contributed by atoms with Crippen LogP contribution in [0.5, 0.6) is 5.75 Å². The number of fused-ring (bicyclic) bond motifs is 1. The van der Waals surface area contributed by atoms with Gasteiger partial charge in [-0.05, 0) is 24.3 Å². The second-order valence-electron chi connectivity index (χ2n) is 5.69. The lowest BCUT2D eigenvalue weighted by Gasteiger charge is -2.16. The van der Waals surface area contributed by atoms with Crippen LogP contribution < -0.4 is 4.74 Å². The Morgan fingerprint density at radius 1 is 1.34 bits per heavy atom. The number of ether oxygens (including phenoxy) is 1. The highest BCUT2D eigenvalue weighted by Gasteiger charge is 2.24. The molecule has 0 fully saturated rings. The van der Waals surface area contributed by atoms with E-state index in [4.69, 9.17) is 9.15 Å². The van der Waals surface area contributed by atoms with Crippen molar-refractivity contribution in [3.63, 3.8) is 0 Å². The third-order valence-electron chi connectivity index (χ3n) is 3.85. The van der Waals surface area contributed by atoms with Crippen LogP contribution in [0.2, 0.25) is 0 Å². The zero-order chi connectivity index (χ0) is 20.2. The average Bonchev–Trinajstić information content (AvgIpc) is 3.40. The smallest absolute Gasteiger partial charge is 0.263 e. The van der Waals surface area contributed by atoms with Crippen LogP contribution in [0.25, 0.3) is 10.2 Å². The van der Waals surface area contributed by atoms with Crippen LogP contribution in [0.15, 0.2) is 46.4 Å². The zero-order valence-electron chi connectivity index (χ0n) is 15.0. The Bertz CT molecular complexity index is 1150. The normalized spacial score (nSPS) is 12.5. The number of hydrogen-bond acceptors (Lipinski definition) is 9. The van der Waals surface area contributed by atoms with E-state index in [0.717, 1.165) is 17.3 Å². The Hall–Kier alpha value is -3.47. The first kappa shape index (κ1) is 18.9. The van der Waals surface area contributed by atoms with Gasteiger partial charge in [-0.2, -0.15) is 0 Å². The lowest BCUT2D eigenvalue weighted by Crippen LogP contribution is -2.13. The highest BCUT2D eigenvalue weighted by Crippen LogP contribution is 2.31. The topological polar surface area (TPSA) is 95.5 Å². The van der Waals surface area contributed by atoms with Gasteiger partial charge in [0, 0.05) is 5.56 Å². The quantitative estimate of drug-likeness (QED) is 0.333. The minimum Gasteiger partial charge on any atom is -0.474 e. The Morgan fingerprint density at radius 3 is 3.00 bits per heavy atom. The molecule has 0 bridgehead atoms. The molecule has 0 radical (unpaired) electrons. The second kappa shape index (κ2) is 8.27. The summed E-state index contributed by atoms with van der Waals surface area (Å²) in [6, 6.07) is 6.58. The molecule has 148 valence electrons. The Morgan fingerprint density at radius 2 is 2.24 bits per heavy atom. The molecular weight excluding hydrogens is 404 g/mol. The summed E-state index contributed by atoms with van der Waals surface area (Å²) < 4.78 is 38.9. The van der Waals surface area contributed by atoms with Crippen LogP contribution in [0.3, 0.4) is 0 Å². The summed E-state index contributed by atoms with van der Waals surface area (Å²) >= 11 is 1.23. The second-order valence-corrected chi connectivity index (χ2v) is 6.81. The number of halogens is 2. The number of thiazole rings is 1. The maximum absolute atomic E-state index is 14.0. The van der Waals surface area contributed by atoms with Crippen LogP contribution >= 0.6 is 11.3 Å².